The molecular weight excluding hydrogens is 428 g/mol. The number of esters is 1. The molecule has 11 heteroatoms. The van der Waals surface area contributed by atoms with Crippen LogP contribution < -0.4 is 0 Å². The summed E-state index contributed by atoms with van der Waals surface area (Å²) in [6.07, 6.45) is -0.430. The number of ether oxygens (including phenoxy) is 2. The minimum Gasteiger partial charge on any atom is -0.444 e. The van der Waals surface area contributed by atoms with E-state index in [0.29, 0.717) is 31.9 Å². The van der Waals surface area contributed by atoms with Crippen LogP contribution in [-0.4, -0.2) is 62.7 Å². The molecule has 1 saturated heterocycles. The number of nitro benzene ring substituents is 1. The highest BCUT2D eigenvalue weighted by molar-refractivity contribution is 7.90. The molecule has 0 N–H and O–H groups in total. The van der Waals surface area contributed by atoms with Crippen LogP contribution in [0.15, 0.2) is 53.4 Å². The monoisotopic (exact) mass is 448 g/mol. The molecule has 1 fully saturated rings. The van der Waals surface area contributed by atoms with E-state index >= 15 is 0 Å². The third-order valence-corrected chi connectivity index (χ3v) is 5.81. The lowest BCUT2D eigenvalue weighted by molar-refractivity contribution is -0.387. The summed E-state index contributed by atoms with van der Waals surface area (Å²) in [4.78, 5) is 37.2. The molecule has 2 aromatic carbocycles. The van der Waals surface area contributed by atoms with Crippen molar-refractivity contribution in [1.82, 2.24) is 4.90 Å². The molecule has 1 heterocycles. The lowest BCUT2D eigenvalue weighted by Crippen LogP contribution is -2.44. The Balaban J connectivity index is 1.92. The molecule has 1 atom stereocenters. The first-order valence-corrected chi connectivity index (χ1v) is 11.2. The van der Waals surface area contributed by atoms with Gasteiger partial charge in [-0.3, -0.25) is 14.9 Å². The summed E-state index contributed by atoms with van der Waals surface area (Å²) in [6.45, 7) is 1.41. The number of carbonyl (C=O) groups excluding carboxylic acids is 2. The Kier molecular flexibility index (Phi) is 6.66. The summed E-state index contributed by atoms with van der Waals surface area (Å²) < 4.78 is 34.3. The van der Waals surface area contributed by atoms with E-state index < -0.39 is 43.3 Å². The van der Waals surface area contributed by atoms with Gasteiger partial charge >= 0.3 is 5.97 Å². The predicted molar refractivity (Wildman–Crippen MR) is 108 cm³/mol. The molecular formula is C20H20N2O8S. The van der Waals surface area contributed by atoms with Crippen molar-refractivity contribution in [2.45, 2.75) is 11.0 Å². The molecule has 1 amide bonds. The van der Waals surface area contributed by atoms with E-state index in [9.17, 15) is 28.1 Å². The van der Waals surface area contributed by atoms with Gasteiger partial charge < -0.3 is 14.4 Å². The van der Waals surface area contributed by atoms with Crippen LogP contribution in [0, 0.1) is 10.1 Å². The summed E-state index contributed by atoms with van der Waals surface area (Å²) in [5, 5.41) is 11.3. The van der Waals surface area contributed by atoms with Gasteiger partial charge in [-0.25, -0.2) is 13.2 Å². The number of nitro groups is 1. The number of sulfone groups is 1. The quantitative estimate of drug-likeness (QED) is 0.371. The minimum atomic E-state index is -3.88. The van der Waals surface area contributed by atoms with Crippen LogP contribution in [-0.2, 0) is 24.1 Å². The van der Waals surface area contributed by atoms with Crippen molar-refractivity contribution < 1.29 is 32.4 Å². The van der Waals surface area contributed by atoms with E-state index in [2.05, 4.69) is 0 Å². The third kappa shape index (κ3) is 5.25. The Morgan fingerprint density at radius 1 is 1.13 bits per heavy atom. The summed E-state index contributed by atoms with van der Waals surface area (Å²) in [5.41, 5.74) is -0.544. The van der Waals surface area contributed by atoms with Gasteiger partial charge in [-0.05, 0) is 12.1 Å². The molecule has 2 aromatic rings. The number of morpholine rings is 1. The first-order valence-electron chi connectivity index (χ1n) is 9.29. The molecule has 0 radical (unpaired) electrons. The molecule has 0 spiro atoms. The van der Waals surface area contributed by atoms with Crippen molar-refractivity contribution in [3.8, 4) is 0 Å². The minimum absolute atomic E-state index is 0.241. The zero-order chi connectivity index (χ0) is 22.6. The fourth-order valence-corrected chi connectivity index (χ4v) is 3.94. The number of nitrogens with zero attached hydrogens (tertiary/aromatic N) is 2. The fraction of sp³-hybridized carbons (Fsp3) is 0.300. The highest BCUT2D eigenvalue weighted by Crippen LogP contribution is 2.27. The molecule has 0 aromatic heterocycles. The van der Waals surface area contributed by atoms with Gasteiger partial charge in [-0.1, -0.05) is 30.3 Å². The van der Waals surface area contributed by atoms with Crippen LogP contribution in [0.4, 0.5) is 5.69 Å². The normalized spacial score (nSPS) is 15.2. The van der Waals surface area contributed by atoms with E-state index in [1.54, 1.807) is 30.3 Å². The predicted octanol–water partition coefficient (Wildman–Crippen LogP) is 1.76. The largest absolute Gasteiger partial charge is 0.444 e. The standard InChI is InChI=1S/C20H20N2O8S/c1-31(27,28)17-8-7-15(13-16(17)22(25)26)20(24)30-18(14-5-3-2-4-6-14)19(23)21-9-11-29-12-10-21/h2-8,13,18H,9-12H2,1H3. The molecule has 3 rings (SSSR count). The van der Waals surface area contributed by atoms with Gasteiger partial charge in [-0.2, -0.15) is 0 Å². The van der Waals surface area contributed by atoms with Gasteiger partial charge in [-0.15, -0.1) is 0 Å². The average Bonchev–Trinajstić information content (AvgIpc) is 2.77. The maximum Gasteiger partial charge on any atom is 0.339 e. The highest BCUT2D eigenvalue weighted by Gasteiger charge is 2.32. The summed E-state index contributed by atoms with van der Waals surface area (Å²) in [7, 11) is -3.88. The van der Waals surface area contributed by atoms with Crippen LogP contribution in [0.3, 0.4) is 0 Å². The smallest absolute Gasteiger partial charge is 0.339 e. The molecule has 164 valence electrons. The second kappa shape index (κ2) is 9.23. The average molecular weight is 448 g/mol. The van der Waals surface area contributed by atoms with E-state index in [1.165, 1.54) is 4.90 Å². The maximum absolute atomic E-state index is 13.0. The second-order valence-electron chi connectivity index (χ2n) is 6.85. The molecule has 10 nitrogen and oxygen atoms in total. The van der Waals surface area contributed by atoms with Crippen LogP contribution in [0.25, 0.3) is 0 Å². The van der Waals surface area contributed by atoms with Gasteiger partial charge in [0.2, 0.25) is 6.10 Å². The van der Waals surface area contributed by atoms with E-state index in [-0.39, 0.29) is 5.56 Å². The first-order chi connectivity index (χ1) is 14.7. The van der Waals surface area contributed by atoms with Crippen molar-refractivity contribution in [3.63, 3.8) is 0 Å². The Labute approximate surface area is 178 Å². The van der Waals surface area contributed by atoms with Crippen LogP contribution in [0.1, 0.15) is 22.0 Å². The van der Waals surface area contributed by atoms with E-state index in [1.807, 2.05) is 0 Å². The van der Waals surface area contributed by atoms with E-state index in [4.69, 9.17) is 9.47 Å². The molecule has 31 heavy (non-hydrogen) atoms. The molecule has 1 unspecified atom stereocenters. The molecule has 0 bridgehead atoms. The second-order valence-corrected chi connectivity index (χ2v) is 8.83. The van der Waals surface area contributed by atoms with Gasteiger partial charge in [0, 0.05) is 31.0 Å². The Morgan fingerprint density at radius 3 is 2.35 bits per heavy atom. The number of hydrogen-bond acceptors (Lipinski definition) is 8. The van der Waals surface area contributed by atoms with Crippen molar-refractivity contribution >= 4 is 27.4 Å². The number of hydrogen-bond donors (Lipinski definition) is 0. The van der Waals surface area contributed by atoms with Crippen LogP contribution in [0.5, 0.6) is 0 Å². The van der Waals surface area contributed by atoms with Crippen molar-refractivity contribution in [1.29, 1.82) is 0 Å². The molecule has 0 aliphatic carbocycles. The molecule has 0 saturated carbocycles. The Morgan fingerprint density at radius 2 is 1.77 bits per heavy atom. The van der Waals surface area contributed by atoms with E-state index in [0.717, 1.165) is 24.5 Å². The van der Waals surface area contributed by atoms with Gasteiger partial charge in [0.15, 0.2) is 9.84 Å². The lowest BCUT2D eigenvalue weighted by Gasteiger charge is -2.30. The lowest BCUT2D eigenvalue weighted by atomic mass is 10.1. The fourth-order valence-electron chi connectivity index (χ4n) is 3.11. The van der Waals surface area contributed by atoms with Crippen molar-refractivity contribution in [3.05, 3.63) is 69.8 Å². The number of carbonyl (C=O) groups is 2. The van der Waals surface area contributed by atoms with Gasteiger partial charge in [0.25, 0.3) is 11.6 Å². The van der Waals surface area contributed by atoms with Crippen LogP contribution in [0.2, 0.25) is 0 Å². The molecule has 1 aliphatic heterocycles. The summed E-state index contributed by atoms with van der Waals surface area (Å²) >= 11 is 0. The first kappa shape index (κ1) is 22.4. The number of amides is 1. The topological polar surface area (TPSA) is 133 Å². The Hall–Kier alpha value is -3.31. The summed E-state index contributed by atoms with van der Waals surface area (Å²) in [5.74, 6) is -1.43. The van der Waals surface area contributed by atoms with Crippen molar-refractivity contribution in [2.24, 2.45) is 0 Å². The zero-order valence-electron chi connectivity index (χ0n) is 16.6. The number of rotatable bonds is 6. The van der Waals surface area contributed by atoms with Crippen molar-refractivity contribution in [2.75, 3.05) is 32.6 Å². The highest BCUT2D eigenvalue weighted by atomic mass is 32.2. The summed E-state index contributed by atoms with van der Waals surface area (Å²) in [6, 6.07) is 11.3. The Bertz CT molecular complexity index is 1100. The zero-order valence-corrected chi connectivity index (χ0v) is 17.4. The number of benzene rings is 2. The third-order valence-electron chi connectivity index (χ3n) is 4.67. The molecule has 1 aliphatic rings. The van der Waals surface area contributed by atoms with Crippen LogP contribution >= 0.6 is 0 Å². The van der Waals surface area contributed by atoms with Gasteiger partial charge in [0.05, 0.1) is 23.7 Å². The maximum atomic E-state index is 13.0. The SMILES string of the molecule is CS(=O)(=O)c1ccc(C(=O)OC(C(=O)N2CCOCC2)c2ccccc2)cc1[N+](=O)[O-]. The van der Waals surface area contributed by atoms with Gasteiger partial charge in [0.1, 0.15) is 4.90 Å².